The fourth-order valence-corrected chi connectivity index (χ4v) is 2.55. The highest BCUT2D eigenvalue weighted by Gasteiger charge is 2.55. The molecule has 0 aromatic carbocycles. The molecular formula is C14H17N3O8. The Morgan fingerprint density at radius 2 is 2.20 bits per heavy atom. The van der Waals surface area contributed by atoms with Crippen LogP contribution >= 0.6 is 0 Å². The van der Waals surface area contributed by atoms with E-state index in [1.807, 2.05) is 0 Å². The van der Waals surface area contributed by atoms with Crippen molar-refractivity contribution < 1.29 is 35.1 Å². The van der Waals surface area contributed by atoms with E-state index in [2.05, 4.69) is 10.1 Å². The van der Waals surface area contributed by atoms with Gasteiger partial charge in [-0.05, 0) is 0 Å². The molecule has 0 bridgehead atoms. The highest BCUT2D eigenvalue weighted by Crippen LogP contribution is 2.37. The topological polar surface area (TPSA) is 141 Å². The maximum Gasteiger partial charge on any atom is 0.509 e. The Kier molecular flexibility index (Phi) is 4.14. The lowest BCUT2D eigenvalue weighted by Crippen LogP contribution is -2.36. The zero-order valence-corrected chi connectivity index (χ0v) is 13.4. The second-order valence-corrected chi connectivity index (χ2v) is 5.82. The first-order valence-electron chi connectivity index (χ1n) is 8.01. The molecular weight excluding hydrogens is 338 g/mol. The van der Waals surface area contributed by atoms with E-state index in [4.69, 9.17) is 25.5 Å². The fourth-order valence-electron chi connectivity index (χ4n) is 2.55. The number of esters is 1. The van der Waals surface area contributed by atoms with E-state index in [1.54, 1.807) is 13.8 Å². The Balaban J connectivity index is 1.87. The van der Waals surface area contributed by atoms with E-state index in [0.717, 1.165) is 10.8 Å². The Morgan fingerprint density at radius 3 is 2.88 bits per heavy atom. The lowest BCUT2D eigenvalue weighted by atomic mass is 10.1. The summed E-state index contributed by atoms with van der Waals surface area (Å²) in [4.78, 5) is 37.5. The van der Waals surface area contributed by atoms with Crippen LogP contribution in [0, 0.1) is 5.92 Å². The highest BCUT2D eigenvalue weighted by molar-refractivity contribution is 5.71. The number of ether oxygens (including phenoxy) is 4. The normalized spacial score (nSPS) is 29.2. The summed E-state index contributed by atoms with van der Waals surface area (Å²) in [6.07, 6.45) is -3.65. The number of aromatic amines is 1. The number of carbonyl (C=O) groups is 2. The third kappa shape index (κ3) is 3.22. The largest absolute Gasteiger partial charge is 0.509 e. The Bertz CT molecular complexity index is 847. The van der Waals surface area contributed by atoms with Crippen LogP contribution < -0.4 is 11.2 Å². The number of carbonyl (C=O) groups excluding carboxylic acids is 2. The molecule has 25 heavy (non-hydrogen) atoms. The molecule has 0 unspecified atom stereocenters. The van der Waals surface area contributed by atoms with E-state index in [0.29, 0.717) is 0 Å². The van der Waals surface area contributed by atoms with Crippen molar-refractivity contribution in [2.24, 2.45) is 11.1 Å². The molecule has 0 saturated carbocycles. The predicted octanol–water partition coefficient (Wildman–Crippen LogP) is -0.533. The SMILES string of the molecule is [2H]c1cn([C@@H]2O[C@H](COC(=O)C(C)C)[C@H]3OC(=O)O[C@H]32)c(=O)[nH]/c1=N\O. The van der Waals surface area contributed by atoms with E-state index >= 15 is 0 Å². The summed E-state index contributed by atoms with van der Waals surface area (Å²) in [6.45, 7) is 3.14. The first-order chi connectivity index (χ1) is 12.3. The first kappa shape index (κ1) is 15.7. The van der Waals surface area contributed by atoms with Crippen LogP contribution in [0.3, 0.4) is 0 Å². The zero-order valence-electron chi connectivity index (χ0n) is 14.4. The number of hydrogen-bond acceptors (Lipinski definition) is 9. The number of aromatic nitrogens is 2. The Morgan fingerprint density at radius 1 is 1.48 bits per heavy atom. The van der Waals surface area contributed by atoms with Crippen LogP contribution in [-0.4, -0.2) is 51.8 Å². The summed E-state index contributed by atoms with van der Waals surface area (Å²) in [7, 11) is 0. The molecule has 3 heterocycles. The predicted molar refractivity (Wildman–Crippen MR) is 77.3 cm³/mol. The fraction of sp³-hybridized carbons (Fsp3) is 0.571. The molecule has 2 N–H and O–H groups in total. The molecule has 1 aromatic heterocycles. The number of fused-ring (bicyclic) bond motifs is 1. The lowest BCUT2D eigenvalue weighted by molar-refractivity contribution is -0.154. The van der Waals surface area contributed by atoms with E-state index in [9.17, 15) is 14.4 Å². The summed E-state index contributed by atoms with van der Waals surface area (Å²) in [6, 6.07) is -0.285. The van der Waals surface area contributed by atoms with Gasteiger partial charge >= 0.3 is 17.8 Å². The minimum Gasteiger partial charge on any atom is -0.463 e. The van der Waals surface area contributed by atoms with E-state index in [-0.39, 0.29) is 24.1 Å². The molecule has 11 nitrogen and oxygen atoms in total. The lowest BCUT2D eigenvalue weighted by Gasteiger charge is -2.18. The van der Waals surface area contributed by atoms with Gasteiger partial charge in [-0.25, -0.2) is 9.59 Å². The van der Waals surface area contributed by atoms with Gasteiger partial charge in [0.15, 0.2) is 23.9 Å². The number of H-pyrrole nitrogens is 1. The third-order valence-electron chi connectivity index (χ3n) is 3.79. The standard InChI is InChI=1S/C14H17N3O8/c1-6(2)12(18)22-5-7-9-10(25-14(20)24-9)11(23-7)17-4-3-8(16-21)15-13(17)19/h3-4,6-7,9-11,21H,5H2,1-2H3,(H,15,16,19)/t7-,9-,10-,11-/m1/s1/i3D. The highest BCUT2D eigenvalue weighted by atomic mass is 16.8. The van der Waals surface area contributed by atoms with Crippen LogP contribution in [-0.2, 0) is 23.7 Å². The zero-order chi connectivity index (χ0) is 19.0. The van der Waals surface area contributed by atoms with Crippen LogP contribution in [0.1, 0.15) is 21.4 Å². The van der Waals surface area contributed by atoms with Crippen LogP contribution in [0.15, 0.2) is 22.2 Å². The van der Waals surface area contributed by atoms with Crippen molar-refractivity contribution in [3.8, 4) is 0 Å². The Labute approximate surface area is 142 Å². The third-order valence-corrected chi connectivity index (χ3v) is 3.79. The number of rotatable bonds is 4. The maximum atomic E-state index is 12.2. The molecule has 2 aliphatic rings. The monoisotopic (exact) mass is 356 g/mol. The van der Waals surface area contributed by atoms with Gasteiger partial charge in [0.2, 0.25) is 0 Å². The van der Waals surface area contributed by atoms with Gasteiger partial charge in [0.25, 0.3) is 0 Å². The summed E-state index contributed by atoms with van der Waals surface area (Å²) in [5, 5.41) is 11.5. The molecule has 0 amide bonds. The van der Waals surface area contributed by atoms with Gasteiger partial charge in [0, 0.05) is 12.2 Å². The van der Waals surface area contributed by atoms with Crippen molar-refractivity contribution >= 4 is 12.1 Å². The van der Waals surface area contributed by atoms with Gasteiger partial charge in [-0.15, -0.1) is 0 Å². The van der Waals surface area contributed by atoms with Crippen LogP contribution in [0.5, 0.6) is 0 Å². The maximum absolute atomic E-state index is 12.2. The average molecular weight is 356 g/mol. The van der Waals surface area contributed by atoms with Gasteiger partial charge in [-0.1, -0.05) is 19.0 Å². The molecule has 3 rings (SSSR count). The van der Waals surface area contributed by atoms with Crippen LogP contribution in [0.25, 0.3) is 0 Å². The molecule has 0 spiro atoms. The van der Waals surface area contributed by atoms with Crippen molar-refractivity contribution in [3.05, 3.63) is 28.2 Å². The second-order valence-electron chi connectivity index (χ2n) is 5.82. The van der Waals surface area contributed by atoms with Crippen molar-refractivity contribution in [2.75, 3.05) is 6.61 Å². The number of hydrogen-bond donors (Lipinski definition) is 2. The van der Waals surface area contributed by atoms with Gasteiger partial charge in [-0.2, -0.15) is 0 Å². The molecule has 136 valence electrons. The van der Waals surface area contributed by atoms with Crippen molar-refractivity contribution in [3.63, 3.8) is 0 Å². The average Bonchev–Trinajstić information content (AvgIpc) is 3.12. The van der Waals surface area contributed by atoms with Gasteiger partial charge in [0.1, 0.15) is 12.7 Å². The molecule has 4 atom stereocenters. The van der Waals surface area contributed by atoms with Gasteiger partial charge in [0.05, 0.1) is 7.29 Å². The molecule has 0 aliphatic carbocycles. The van der Waals surface area contributed by atoms with Crippen molar-refractivity contribution in [1.82, 2.24) is 9.55 Å². The molecule has 2 fully saturated rings. The van der Waals surface area contributed by atoms with Crippen molar-refractivity contribution in [2.45, 2.75) is 38.4 Å². The van der Waals surface area contributed by atoms with Gasteiger partial charge < -0.3 is 24.2 Å². The quantitative estimate of drug-likeness (QED) is 0.416. The summed E-state index contributed by atoms with van der Waals surface area (Å²) < 4.78 is 29.6. The van der Waals surface area contributed by atoms with E-state index in [1.165, 1.54) is 0 Å². The molecule has 2 aliphatic heterocycles. The van der Waals surface area contributed by atoms with E-state index < -0.39 is 42.4 Å². The summed E-state index contributed by atoms with van der Waals surface area (Å²) >= 11 is 0. The molecule has 0 radical (unpaired) electrons. The van der Waals surface area contributed by atoms with Crippen molar-refractivity contribution in [1.29, 1.82) is 0 Å². The first-order valence-corrected chi connectivity index (χ1v) is 7.51. The Hall–Kier alpha value is -2.82. The minimum absolute atomic E-state index is 0.193. The van der Waals surface area contributed by atoms with Crippen LogP contribution in [0.4, 0.5) is 4.79 Å². The second kappa shape index (κ2) is 6.59. The minimum atomic E-state index is -1.10. The van der Waals surface area contributed by atoms with Gasteiger partial charge in [-0.3, -0.25) is 14.3 Å². The molecule has 2 saturated heterocycles. The van der Waals surface area contributed by atoms with Crippen LogP contribution in [0.2, 0.25) is 0 Å². The summed E-state index contributed by atoms with van der Waals surface area (Å²) in [5.41, 5.74) is -1.08. The molecule has 11 heteroatoms. The smallest absolute Gasteiger partial charge is 0.463 e. The molecule has 1 aromatic rings. The number of nitrogens with one attached hydrogen (secondary N) is 1. The summed E-state index contributed by atoms with van der Waals surface area (Å²) in [5.74, 6) is -0.796. The number of nitrogens with zero attached hydrogens (tertiary/aromatic N) is 2.